The van der Waals surface area contributed by atoms with Gasteiger partial charge in [0.15, 0.2) is 0 Å². The van der Waals surface area contributed by atoms with E-state index in [1.54, 1.807) is 0 Å². The van der Waals surface area contributed by atoms with E-state index in [4.69, 9.17) is 0 Å². The van der Waals surface area contributed by atoms with Crippen molar-refractivity contribution in [3.63, 3.8) is 0 Å². The Morgan fingerprint density at radius 1 is 1.47 bits per heavy atom. The average Bonchev–Trinajstić information content (AvgIpc) is 2.37. The van der Waals surface area contributed by atoms with Gasteiger partial charge in [0.05, 0.1) is 0 Å². The lowest BCUT2D eigenvalue weighted by molar-refractivity contribution is 0.0953. The predicted octanol–water partition coefficient (Wildman–Crippen LogP) is 3.31. The number of benzene rings is 1. The van der Waals surface area contributed by atoms with Crippen molar-refractivity contribution in [2.45, 2.75) is 24.5 Å². The van der Waals surface area contributed by atoms with Gasteiger partial charge in [-0.1, -0.05) is 12.5 Å². The van der Waals surface area contributed by atoms with Crippen molar-refractivity contribution in [1.82, 2.24) is 5.32 Å². The van der Waals surface area contributed by atoms with Gasteiger partial charge >= 0.3 is 0 Å². The first-order chi connectivity index (χ1) is 8.25. The first-order valence-electron chi connectivity index (χ1n) is 5.91. The van der Waals surface area contributed by atoms with E-state index in [2.05, 4.69) is 27.9 Å². The van der Waals surface area contributed by atoms with E-state index in [0.29, 0.717) is 5.25 Å². The molecule has 0 aliphatic carbocycles. The molecule has 1 unspecified atom stereocenters. The molecule has 1 fully saturated rings. The van der Waals surface area contributed by atoms with Gasteiger partial charge in [0, 0.05) is 20.9 Å². The van der Waals surface area contributed by atoms with Crippen LogP contribution in [0.15, 0.2) is 24.3 Å². The van der Waals surface area contributed by atoms with Crippen molar-refractivity contribution < 1.29 is 4.79 Å². The molecule has 0 aromatic heterocycles. The zero-order valence-corrected chi connectivity index (χ0v) is 12.6. The minimum atomic E-state index is 0.0506. The summed E-state index contributed by atoms with van der Waals surface area (Å²) >= 11 is 4.21. The molecule has 17 heavy (non-hydrogen) atoms. The summed E-state index contributed by atoms with van der Waals surface area (Å²) in [6.07, 6.45) is 3.86. The molecule has 0 saturated carbocycles. The van der Waals surface area contributed by atoms with Crippen molar-refractivity contribution in [3.05, 3.63) is 33.4 Å². The summed E-state index contributed by atoms with van der Waals surface area (Å²) in [5, 5.41) is 3.64. The predicted molar refractivity (Wildman–Crippen MR) is 81.6 cm³/mol. The second-order valence-corrected chi connectivity index (χ2v) is 6.86. The number of nitrogens with one attached hydrogen (secondary N) is 1. The topological polar surface area (TPSA) is 29.1 Å². The number of rotatable bonds is 3. The van der Waals surface area contributed by atoms with Crippen LogP contribution >= 0.6 is 34.4 Å². The van der Waals surface area contributed by atoms with Crippen LogP contribution < -0.4 is 5.32 Å². The molecular weight excluding hydrogens is 345 g/mol. The van der Waals surface area contributed by atoms with Crippen LogP contribution in [0.5, 0.6) is 0 Å². The van der Waals surface area contributed by atoms with Gasteiger partial charge in [-0.15, -0.1) is 0 Å². The quantitative estimate of drug-likeness (QED) is 0.837. The summed E-state index contributed by atoms with van der Waals surface area (Å²) in [7, 11) is 0. The van der Waals surface area contributed by atoms with Gasteiger partial charge in [-0.05, 0) is 59.4 Å². The molecule has 1 N–H and O–H groups in total. The van der Waals surface area contributed by atoms with Crippen LogP contribution in [0.4, 0.5) is 0 Å². The molecule has 0 bridgehead atoms. The molecular formula is C13H16INOS. The standard InChI is InChI=1S/C13H16INOS/c14-11-5-3-4-10(8-11)13(16)15-9-12-6-1-2-7-17-12/h3-5,8,12H,1-2,6-7,9H2,(H,15,16). The van der Waals surface area contributed by atoms with Gasteiger partial charge in [0.2, 0.25) is 0 Å². The first-order valence-corrected chi connectivity index (χ1v) is 8.04. The lowest BCUT2D eigenvalue weighted by Crippen LogP contribution is -2.31. The summed E-state index contributed by atoms with van der Waals surface area (Å²) < 4.78 is 1.10. The smallest absolute Gasteiger partial charge is 0.251 e. The normalized spacial score (nSPS) is 19.9. The van der Waals surface area contributed by atoms with Gasteiger partial charge in [0.25, 0.3) is 5.91 Å². The third-order valence-corrected chi connectivity index (χ3v) is 4.92. The monoisotopic (exact) mass is 361 g/mol. The Kier molecular flexibility index (Phi) is 5.16. The molecule has 1 amide bonds. The Morgan fingerprint density at radius 2 is 2.35 bits per heavy atom. The van der Waals surface area contributed by atoms with Crippen LogP contribution in [0.1, 0.15) is 29.6 Å². The van der Waals surface area contributed by atoms with Crippen LogP contribution in [-0.4, -0.2) is 23.5 Å². The molecule has 1 heterocycles. The maximum absolute atomic E-state index is 11.9. The third-order valence-electron chi connectivity index (χ3n) is 2.85. The van der Waals surface area contributed by atoms with Crippen molar-refractivity contribution in [2.24, 2.45) is 0 Å². The molecule has 1 aromatic rings. The van der Waals surface area contributed by atoms with E-state index < -0.39 is 0 Å². The minimum Gasteiger partial charge on any atom is -0.351 e. The first kappa shape index (κ1) is 13.2. The highest BCUT2D eigenvalue weighted by atomic mass is 127. The Morgan fingerprint density at radius 3 is 3.06 bits per heavy atom. The molecule has 4 heteroatoms. The molecule has 2 nitrogen and oxygen atoms in total. The summed E-state index contributed by atoms with van der Waals surface area (Å²) in [5.41, 5.74) is 0.762. The maximum atomic E-state index is 11.9. The van der Waals surface area contributed by atoms with Gasteiger partial charge in [0.1, 0.15) is 0 Å². The highest BCUT2D eigenvalue weighted by Gasteiger charge is 2.15. The number of hydrogen-bond acceptors (Lipinski definition) is 2. The Labute approximate surface area is 120 Å². The number of halogens is 1. The summed E-state index contributed by atoms with van der Waals surface area (Å²) in [5.74, 6) is 1.29. The Balaban J connectivity index is 1.84. The second kappa shape index (κ2) is 6.64. The highest BCUT2D eigenvalue weighted by molar-refractivity contribution is 14.1. The van der Waals surface area contributed by atoms with E-state index in [1.165, 1.54) is 25.0 Å². The van der Waals surface area contributed by atoms with Crippen molar-refractivity contribution in [2.75, 3.05) is 12.3 Å². The zero-order chi connectivity index (χ0) is 12.1. The lowest BCUT2D eigenvalue weighted by atomic mass is 10.2. The second-order valence-electron chi connectivity index (χ2n) is 4.21. The van der Waals surface area contributed by atoms with E-state index >= 15 is 0 Å². The SMILES string of the molecule is O=C(NCC1CCCCS1)c1cccc(I)c1. The molecule has 1 aliphatic heterocycles. The van der Waals surface area contributed by atoms with Crippen molar-refractivity contribution >= 4 is 40.3 Å². The largest absolute Gasteiger partial charge is 0.351 e. The number of carbonyl (C=O) groups is 1. The van der Waals surface area contributed by atoms with Gasteiger partial charge in [-0.25, -0.2) is 0 Å². The molecule has 0 radical (unpaired) electrons. The van der Waals surface area contributed by atoms with Crippen molar-refractivity contribution in [3.8, 4) is 0 Å². The van der Waals surface area contributed by atoms with Gasteiger partial charge < -0.3 is 5.32 Å². The fourth-order valence-electron chi connectivity index (χ4n) is 1.91. The number of carbonyl (C=O) groups excluding carboxylic acids is 1. The van der Waals surface area contributed by atoms with Crippen LogP contribution in [0.3, 0.4) is 0 Å². The Hall–Kier alpha value is -0.230. The molecule has 1 aromatic carbocycles. The van der Waals surface area contributed by atoms with E-state index in [0.717, 1.165) is 15.7 Å². The maximum Gasteiger partial charge on any atom is 0.251 e. The van der Waals surface area contributed by atoms with Crippen LogP contribution in [0.25, 0.3) is 0 Å². The molecule has 1 aliphatic rings. The van der Waals surface area contributed by atoms with Crippen LogP contribution in [0.2, 0.25) is 0 Å². The van der Waals surface area contributed by atoms with Crippen molar-refractivity contribution in [1.29, 1.82) is 0 Å². The summed E-state index contributed by atoms with van der Waals surface area (Å²) in [6, 6.07) is 7.70. The number of thioether (sulfide) groups is 1. The van der Waals surface area contributed by atoms with Crippen LogP contribution in [-0.2, 0) is 0 Å². The molecule has 1 saturated heterocycles. The average molecular weight is 361 g/mol. The fourth-order valence-corrected chi connectivity index (χ4v) is 3.69. The third kappa shape index (κ3) is 4.17. The summed E-state index contributed by atoms with van der Waals surface area (Å²) in [4.78, 5) is 11.9. The highest BCUT2D eigenvalue weighted by Crippen LogP contribution is 2.24. The number of hydrogen-bond donors (Lipinski definition) is 1. The number of amides is 1. The Bertz CT molecular complexity index is 391. The van der Waals surface area contributed by atoms with E-state index in [9.17, 15) is 4.79 Å². The fraction of sp³-hybridized carbons (Fsp3) is 0.462. The minimum absolute atomic E-state index is 0.0506. The lowest BCUT2D eigenvalue weighted by Gasteiger charge is -2.21. The summed E-state index contributed by atoms with van der Waals surface area (Å²) in [6.45, 7) is 0.801. The molecule has 92 valence electrons. The van der Waals surface area contributed by atoms with Gasteiger partial charge in [-0.2, -0.15) is 11.8 Å². The van der Waals surface area contributed by atoms with E-state index in [-0.39, 0.29) is 5.91 Å². The van der Waals surface area contributed by atoms with E-state index in [1.807, 2.05) is 36.0 Å². The zero-order valence-electron chi connectivity index (χ0n) is 9.62. The van der Waals surface area contributed by atoms with Crippen LogP contribution in [0, 0.1) is 3.57 Å². The molecule has 0 spiro atoms. The van der Waals surface area contributed by atoms with Gasteiger partial charge in [-0.3, -0.25) is 4.79 Å². The molecule has 1 atom stereocenters. The molecule has 2 rings (SSSR count).